The molecule has 1 heterocycles. The van der Waals surface area contributed by atoms with Crippen LogP contribution in [0.4, 0.5) is 5.95 Å². The smallest absolute Gasteiger partial charge is 0.223 e. The van der Waals surface area contributed by atoms with Crippen molar-refractivity contribution in [2.24, 2.45) is 5.92 Å². The summed E-state index contributed by atoms with van der Waals surface area (Å²) in [7, 11) is 1.69. The minimum Gasteiger partial charge on any atom is -0.373 e. The average Bonchev–Trinajstić information content (AvgIpc) is 2.67. The summed E-state index contributed by atoms with van der Waals surface area (Å²) in [4.78, 5) is 13.3. The molecular formula is C15H26N4O. The first-order valence-corrected chi connectivity index (χ1v) is 7.66. The fraction of sp³-hybridized carbons (Fsp3) is 0.800. The summed E-state index contributed by atoms with van der Waals surface area (Å²) < 4.78 is 5.51. The Bertz CT molecular complexity index is 428. The highest BCUT2D eigenvalue weighted by Crippen LogP contribution is 2.31. The Balaban J connectivity index is 2.27. The molecule has 0 bridgehead atoms. The summed E-state index contributed by atoms with van der Waals surface area (Å²) in [5, 5.41) is 0. The van der Waals surface area contributed by atoms with Crippen molar-refractivity contribution in [2.45, 2.75) is 64.4 Å². The average molecular weight is 278 g/mol. The first-order chi connectivity index (χ1) is 9.61. The molecule has 0 aliphatic heterocycles. The van der Waals surface area contributed by atoms with Gasteiger partial charge in [0.15, 0.2) is 5.82 Å². The Morgan fingerprint density at radius 2 is 1.70 bits per heavy atom. The maximum absolute atomic E-state index is 5.88. The van der Waals surface area contributed by atoms with Gasteiger partial charge in [-0.05, 0) is 18.8 Å². The third kappa shape index (κ3) is 3.66. The molecule has 0 spiro atoms. The van der Waals surface area contributed by atoms with E-state index in [4.69, 9.17) is 10.5 Å². The van der Waals surface area contributed by atoms with Crippen LogP contribution in [0.2, 0.25) is 0 Å². The molecule has 1 aromatic rings. The Labute approximate surface area is 121 Å². The van der Waals surface area contributed by atoms with E-state index in [9.17, 15) is 0 Å². The van der Waals surface area contributed by atoms with E-state index in [0.29, 0.717) is 23.6 Å². The minimum absolute atomic E-state index is 0.121. The van der Waals surface area contributed by atoms with E-state index in [2.05, 4.69) is 28.8 Å². The van der Waals surface area contributed by atoms with Crippen LogP contribution < -0.4 is 5.73 Å². The summed E-state index contributed by atoms with van der Waals surface area (Å²) in [5.41, 5.74) is 5.88. The van der Waals surface area contributed by atoms with Gasteiger partial charge in [-0.15, -0.1) is 0 Å². The van der Waals surface area contributed by atoms with Crippen molar-refractivity contribution in [1.82, 2.24) is 15.0 Å². The molecule has 1 aliphatic rings. The Kier molecular flexibility index (Phi) is 5.29. The fourth-order valence-electron chi connectivity index (χ4n) is 2.95. The van der Waals surface area contributed by atoms with Gasteiger partial charge in [-0.2, -0.15) is 9.97 Å². The molecule has 2 N–H and O–H groups in total. The lowest BCUT2D eigenvalue weighted by Gasteiger charge is -2.20. The molecule has 1 aromatic heterocycles. The second kappa shape index (κ2) is 6.97. The van der Waals surface area contributed by atoms with Gasteiger partial charge in [-0.1, -0.05) is 39.5 Å². The van der Waals surface area contributed by atoms with Crippen molar-refractivity contribution in [3.63, 3.8) is 0 Å². The van der Waals surface area contributed by atoms with E-state index < -0.39 is 0 Å². The number of hydrogen-bond donors (Lipinski definition) is 1. The molecule has 20 heavy (non-hydrogen) atoms. The van der Waals surface area contributed by atoms with Crippen LogP contribution in [0.3, 0.4) is 0 Å². The second-order valence-electron chi connectivity index (χ2n) is 6.00. The predicted octanol–water partition coefficient (Wildman–Crippen LogP) is 3.24. The molecule has 1 atom stereocenters. The van der Waals surface area contributed by atoms with Crippen LogP contribution in [0.25, 0.3) is 0 Å². The molecule has 0 saturated heterocycles. The van der Waals surface area contributed by atoms with Crippen LogP contribution in [-0.2, 0) is 4.74 Å². The third-order valence-electron chi connectivity index (χ3n) is 4.02. The number of nitrogens with zero attached hydrogens (tertiary/aromatic N) is 3. The highest BCUT2D eigenvalue weighted by molar-refractivity contribution is 5.18. The summed E-state index contributed by atoms with van der Waals surface area (Å²) in [5.74, 6) is 2.58. The van der Waals surface area contributed by atoms with Gasteiger partial charge < -0.3 is 10.5 Å². The van der Waals surface area contributed by atoms with Crippen LogP contribution in [0.1, 0.15) is 76.0 Å². The second-order valence-corrected chi connectivity index (χ2v) is 6.00. The molecule has 0 radical (unpaired) electrons. The maximum atomic E-state index is 5.88. The van der Waals surface area contributed by atoms with Gasteiger partial charge >= 0.3 is 0 Å². The molecule has 2 rings (SSSR count). The molecule has 0 amide bonds. The van der Waals surface area contributed by atoms with Crippen molar-refractivity contribution in [2.75, 3.05) is 12.8 Å². The number of rotatable bonds is 4. The van der Waals surface area contributed by atoms with Gasteiger partial charge in [0.2, 0.25) is 5.95 Å². The number of anilines is 1. The van der Waals surface area contributed by atoms with Gasteiger partial charge in [0.05, 0.1) is 0 Å². The Hall–Kier alpha value is -1.23. The van der Waals surface area contributed by atoms with Crippen LogP contribution in [0, 0.1) is 5.92 Å². The number of hydrogen-bond acceptors (Lipinski definition) is 5. The zero-order chi connectivity index (χ0) is 14.5. The van der Waals surface area contributed by atoms with Gasteiger partial charge in [0.1, 0.15) is 11.9 Å². The number of nitrogens with two attached hydrogens (primary N) is 1. The van der Waals surface area contributed by atoms with Crippen molar-refractivity contribution < 1.29 is 4.74 Å². The van der Waals surface area contributed by atoms with E-state index in [1.807, 2.05) is 0 Å². The van der Waals surface area contributed by atoms with Crippen LogP contribution in [0.15, 0.2) is 0 Å². The first-order valence-electron chi connectivity index (χ1n) is 7.66. The topological polar surface area (TPSA) is 73.9 Å². The standard InChI is InChI=1S/C15H26N4O/c1-10(2)12(20-3)14-17-13(18-15(16)19-14)11-8-6-4-5-7-9-11/h10-12H,4-9H2,1-3H3,(H2,16,17,18,19). The zero-order valence-corrected chi connectivity index (χ0v) is 12.8. The number of aromatic nitrogens is 3. The van der Waals surface area contributed by atoms with E-state index in [0.717, 1.165) is 18.7 Å². The van der Waals surface area contributed by atoms with Crippen molar-refractivity contribution in [1.29, 1.82) is 0 Å². The molecule has 1 fully saturated rings. The summed E-state index contributed by atoms with van der Waals surface area (Å²) in [6.07, 6.45) is 7.33. The largest absolute Gasteiger partial charge is 0.373 e. The van der Waals surface area contributed by atoms with Crippen molar-refractivity contribution >= 4 is 5.95 Å². The Morgan fingerprint density at radius 3 is 2.25 bits per heavy atom. The van der Waals surface area contributed by atoms with Crippen LogP contribution in [-0.4, -0.2) is 22.1 Å². The summed E-state index contributed by atoms with van der Waals surface area (Å²) in [6, 6.07) is 0. The lowest BCUT2D eigenvalue weighted by atomic mass is 9.99. The van der Waals surface area contributed by atoms with E-state index in [1.165, 1.54) is 25.7 Å². The molecule has 1 aliphatic carbocycles. The normalized spacial score (nSPS) is 19.0. The van der Waals surface area contributed by atoms with Gasteiger partial charge in [0, 0.05) is 13.0 Å². The molecule has 0 aromatic carbocycles. The van der Waals surface area contributed by atoms with Crippen molar-refractivity contribution in [3.8, 4) is 0 Å². The van der Waals surface area contributed by atoms with E-state index in [-0.39, 0.29) is 6.10 Å². The summed E-state index contributed by atoms with van der Waals surface area (Å²) in [6.45, 7) is 4.19. The maximum Gasteiger partial charge on any atom is 0.223 e. The molecule has 1 unspecified atom stereocenters. The molecule has 1 saturated carbocycles. The van der Waals surface area contributed by atoms with E-state index in [1.54, 1.807) is 7.11 Å². The minimum atomic E-state index is -0.121. The summed E-state index contributed by atoms with van der Waals surface area (Å²) >= 11 is 0. The molecule has 112 valence electrons. The lowest BCUT2D eigenvalue weighted by Crippen LogP contribution is -2.17. The fourth-order valence-corrected chi connectivity index (χ4v) is 2.95. The van der Waals surface area contributed by atoms with Crippen molar-refractivity contribution in [3.05, 3.63) is 11.6 Å². The van der Waals surface area contributed by atoms with Gasteiger partial charge in [0.25, 0.3) is 0 Å². The predicted molar refractivity (Wildman–Crippen MR) is 79.3 cm³/mol. The monoisotopic (exact) mass is 278 g/mol. The molecular weight excluding hydrogens is 252 g/mol. The van der Waals surface area contributed by atoms with Gasteiger partial charge in [-0.3, -0.25) is 0 Å². The van der Waals surface area contributed by atoms with Crippen LogP contribution in [0.5, 0.6) is 0 Å². The zero-order valence-electron chi connectivity index (χ0n) is 12.8. The Morgan fingerprint density at radius 1 is 1.05 bits per heavy atom. The van der Waals surface area contributed by atoms with Gasteiger partial charge in [-0.25, -0.2) is 4.98 Å². The van der Waals surface area contributed by atoms with E-state index >= 15 is 0 Å². The quantitative estimate of drug-likeness (QED) is 0.856. The third-order valence-corrected chi connectivity index (χ3v) is 4.02. The highest BCUT2D eigenvalue weighted by atomic mass is 16.5. The number of ether oxygens (including phenoxy) is 1. The van der Waals surface area contributed by atoms with Crippen LogP contribution >= 0.6 is 0 Å². The SMILES string of the molecule is COC(c1nc(N)nc(C2CCCCCC2)n1)C(C)C. The number of nitrogen functional groups attached to an aromatic ring is 1. The molecule has 5 nitrogen and oxygen atoms in total. The first kappa shape index (κ1) is 15.2. The lowest BCUT2D eigenvalue weighted by molar-refractivity contribution is 0.0571. The molecule has 5 heteroatoms. The highest BCUT2D eigenvalue weighted by Gasteiger charge is 2.23. The number of methoxy groups -OCH3 is 1.